The molecule has 1 aliphatic carbocycles. The van der Waals surface area contributed by atoms with Crippen LogP contribution in [0.1, 0.15) is 29.4 Å². The zero-order chi connectivity index (χ0) is 11.0. The fraction of sp³-hybridized carbons (Fsp3) is 0.636. The lowest BCUT2D eigenvalue weighted by molar-refractivity contribution is 0.0730. The molecule has 1 saturated heterocycles. The monoisotopic (exact) mass is 220 g/mol. The van der Waals surface area contributed by atoms with Gasteiger partial charge in [0.1, 0.15) is 5.69 Å². The maximum atomic E-state index is 12.1. The third-order valence-corrected chi connectivity index (χ3v) is 3.19. The van der Waals surface area contributed by atoms with Crippen LogP contribution in [-0.2, 0) is 0 Å². The Bertz CT molecular complexity index is 390. The van der Waals surface area contributed by atoms with E-state index in [2.05, 4.69) is 14.9 Å². The second-order valence-electron chi connectivity index (χ2n) is 4.48. The smallest absolute Gasteiger partial charge is 0.274 e. The predicted octanol–water partition coefficient (Wildman–Crippen LogP) is 0.263. The summed E-state index contributed by atoms with van der Waals surface area (Å²) in [5, 5.41) is 3.23. The molecule has 0 atom stereocenters. The van der Waals surface area contributed by atoms with Gasteiger partial charge < -0.3 is 14.8 Å². The van der Waals surface area contributed by atoms with E-state index in [1.807, 2.05) is 11.1 Å². The van der Waals surface area contributed by atoms with Crippen molar-refractivity contribution >= 4 is 5.91 Å². The Balaban J connectivity index is 1.71. The van der Waals surface area contributed by atoms with Crippen molar-refractivity contribution in [3.05, 3.63) is 18.2 Å². The second kappa shape index (κ2) is 3.90. The van der Waals surface area contributed by atoms with Gasteiger partial charge in [0.15, 0.2) is 0 Å². The Morgan fingerprint density at radius 2 is 2.12 bits per heavy atom. The standard InChI is InChI=1S/C11H16N4O/c16-11(14-5-3-12-4-6-14)10-7-15(8-13-10)9-1-2-9/h7-9,12H,1-6H2. The van der Waals surface area contributed by atoms with E-state index in [-0.39, 0.29) is 5.91 Å². The number of amides is 1. The molecule has 2 aliphatic rings. The van der Waals surface area contributed by atoms with Gasteiger partial charge >= 0.3 is 0 Å². The lowest BCUT2D eigenvalue weighted by Gasteiger charge is -2.26. The summed E-state index contributed by atoms with van der Waals surface area (Å²) in [4.78, 5) is 18.2. The van der Waals surface area contributed by atoms with E-state index in [1.54, 1.807) is 6.33 Å². The normalized spacial score (nSPS) is 21.1. The van der Waals surface area contributed by atoms with Crippen LogP contribution >= 0.6 is 0 Å². The molecular formula is C11H16N4O. The molecule has 3 rings (SSSR count). The third kappa shape index (κ3) is 1.82. The van der Waals surface area contributed by atoms with Gasteiger partial charge in [0, 0.05) is 38.4 Å². The van der Waals surface area contributed by atoms with Crippen LogP contribution in [0.4, 0.5) is 0 Å². The van der Waals surface area contributed by atoms with Gasteiger partial charge in [-0.2, -0.15) is 0 Å². The van der Waals surface area contributed by atoms with Crippen LogP contribution in [0.15, 0.2) is 12.5 Å². The van der Waals surface area contributed by atoms with Crippen molar-refractivity contribution in [1.29, 1.82) is 0 Å². The van der Waals surface area contributed by atoms with E-state index >= 15 is 0 Å². The number of nitrogens with one attached hydrogen (secondary N) is 1. The van der Waals surface area contributed by atoms with E-state index in [9.17, 15) is 4.79 Å². The van der Waals surface area contributed by atoms with E-state index < -0.39 is 0 Å². The Hall–Kier alpha value is -1.36. The summed E-state index contributed by atoms with van der Waals surface area (Å²) in [6.45, 7) is 3.34. The summed E-state index contributed by atoms with van der Waals surface area (Å²) in [5.74, 6) is 0.0703. The summed E-state index contributed by atoms with van der Waals surface area (Å²) >= 11 is 0. The molecule has 2 heterocycles. The molecule has 0 aromatic carbocycles. The van der Waals surface area contributed by atoms with Crippen molar-refractivity contribution in [2.24, 2.45) is 0 Å². The fourth-order valence-electron chi connectivity index (χ4n) is 2.05. The molecule has 16 heavy (non-hydrogen) atoms. The fourth-order valence-corrected chi connectivity index (χ4v) is 2.05. The number of hydrogen-bond acceptors (Lipinski definition) is 3. The average Bonchev–Trinajstić information content (AvgIpc) is 3.08. The first kappa shape index (κ1) is 9.84. The first-order valence-corrected chi connectivity index (χ1v) is 5.88. The number of carbonyl (C=O) groups excluding carboxylic acids is 1. The largest absolute Gasteiger partial charge is 0.335 e. The van der Waals surface area contributed by atoms with Gasteiger partial charge in [-0.25, -0.2) is 4.98 Å². The van der Waals surface area contributed by atoms with Gasteiger partial charge in [0.2, 0.25) is 0 Å². The van der Waals surface area contributed by atoms with Crippen LogP contribution in [0.3, 0.4) is 0 Å². The van der Waals surface area contributed by atoms with Crippen molar-refractivity contribution in [2.45, 2.75) is 18.9 Å². The number of aromatic nitrogens is 2. The molecule has 0 radical (unpaired) electrons. The summed E-state index contributed by atoms with van der Waals surface area (Å²) < 4.78 is 2.06. The molecule has 1 N–H and O–H groups in total. The van der Waals surface area contributed by atoms with Crippen molar-refractivity contribution in [3.63, 3.8) is 0 Å². The average molecular weight is 220 g/mol. The Labute approximate surface area is 94.4 Å². The molecular weight excluding hydrogens is 204 g/mol. The highest BCUT2D eigenvalue weighted by atomic mass is 16.2. The van der Waals surface area contributed by atoms with Crippen molar-refractivity contribution in [3.8, 4) is 0 Å². The number of nitrogens with zero attached hydrogens (tertiary/aromatic N) is 3. The molecule has 1 aromatic rings. The maximum absolute atomic E-state index is 12.1. The Morgan fingerprint density at radius 3 is 2.81 bits per heavy atom. The quantitative estimate of drug-likeness (QED) is 0.778. The van der Waals surface area contributed by atoms with Crippen molar-refractivity contribution in [1.82, 2.24) is 19.8 Å². The van der Waals surface area contributed by atoms with Gasteiger partial charge in [0.05, 0.1) is 6.33 Å². The zero-order valence-corrected chi connectivity index (χ0v) is 9.22. The van der Waals surface area contributed by atoms with Gasteiger partial charge in [-0.15, -0.1) is 0 Å². The van der Waals surface area contributed by atoms with Crippen LogP contribution in [0.25, 0.3) is 0 Å². The summed E-state index contributed by atoms with van der Waals surface area (Å²) in [7, 11) is 0. The van der Waals surface area contributed by atoms with Gasteiger partial charge in [-0.1, -0.05) is 0 Å². The van der Waals surface area contributed by atoms with Crippen molar-refractivity contribution in [2.75, 3.05) is 26.2 Å². The molecule has 1 aliphatic heterocycles. The molecule has 5 nitrogen and oxygen atoms in total. The molecule has 1 saturated carbocycles. The van der Waals surface area contributed by atoms with Crippen LogP contribution in [0, 0.1) is 0 Å². The van der Waals surface area contributed by atoms with E-state index in [1.165, 1.54) is 12.8 Å². The lowest BCUT2D eigenvalue weighted by Crippen LogP contribution is -2.46. The summed E-state index contributed by atoms with van der Waals surface area (Å²) in [6, 6.07) is 0.595. The Kier molecular flexibility index (Phi) is 2.40. The molecule has 86 valence electrons. The summed E-state index contributed by atoms with van der Waals surface area (Å²) in [5.41, 5.74) is 0.591. The highest BCUT2D eigenvalue weighted by Crippen LogP contribution is 2.34. The first-order valence-electron chi connectivity index (χ1n) is 5.88. The van der Waals surface area contributed by atoms with Crippen LogP contribution in [0.5, 0.6) is 0 Å². The minimum atomic E-state index is 0.0703. The molecule has 0 spiro atoms. The van der Waals surface area contributed by atoms with Crippen LogP contribution in [-0.4, -0.2) is 46.5 Å². The molecule has 0 bridgehead atoms. The highest BCUT2D eigenvalue weighted by Gasteiger charge is 2.25. The van der Waals surface area contributed by atoms with E-state index in [0.717, 1.165) is 26.2 Å². The predicted molar refractivity (Wildman–Crippen MR) is 59.3 cm³/mol. The van der Waals surface area contributed by atoms with Crippen LogP contribution < -0.4 is 5.32 Å². The number of rotatable bonds is 2. The van der Waals surface area contributed by atoms with Gasteiger partial charge in [-0.3, -0.25) is 4.79 Å². The highest BCUT2D eigenvalue weighted by molar-refractivity contribution is 5.92. The van der Waals surface area contributed by atoms with Gasteiger partial charge in [0.25, 0.3) is 5.91 Å². The maximum Gasteiger partial charge on any atom is 0.274 e. The topological polar surface area (TPSA) is 50.2 Å². The molecule has 1 amide bonds. The van der Waals surface area contributed by atoms with Gasteiger partial charge in [-0.05, 0) is 12.8 Å². The minimum Gasteiger partial charge on any atom is -0.335 e. The van der Waals surface area contributed by atoms with Crippen molar-refractivity contribution < 1.29 is 4.79 Å². The number of piperazine rings is 1. The number of carbonyl (C=O) groups is 1. The number of hydrogen-bond donors (Lipinski definition) is 1. The van der Waals surface area contributed by atoms with Crippen LogP contribution in [0.2, 0.25) is 0 Å². The third-order valence-electron chi connectivity index (χ3n) is 3.19. The van der Waals surface area contributed by atoms with E-state index in [0.29, 0.717) is 11.7 Å². The minimum absolute atomic E-state index is 0.0703. The first-order chi connectivity index (χ1) is 7.84. The SMILES string of the molecule is O=C(c1cn(C2CC2)cn1)N1CCNCC1. The number of imidazole rings is 1. The molecule has 1 aromatic heterocycles. The lowest BCUT2D eigenvalue weighted by atomic mass is 10.3. The molecule has 5 heteroatoms. The Morgan fingerprint density at radius 1 is 1.38 bits per heavy atom. The zero-order valence-electron chi connectivity index (χ0n) is 9.22. The van der Waals surface area contributed by atoms with E-state index in [4.69, 9.17) is 0 Å². The molecule has 2 fully saturated rings. The summed E-state index contributed by atoms with van der Waals surface area (Å²) in [6.07, 6.45) is 6.12. The second-order valence-corrected chi connectivity index (χ2v) is 4.48. The molecule has 0 unspecified atom stereocenters.